The fourth-order valence-corrected chi connectivity index (χ4v) is 4.85. The van der Waals surface area contributed by atoms with Gasteiger partial charge in [0.1, 0.15) is 0 Å². The van der Waals surface area contributed by atoms with Gasteiger partial charge in [-0.2, -0.15) is 4.31 Å². The summed E-state index contributed by atoms with van der Waals surface area (Å²) in [6.45, 7) is 4.85. The number of benzene rings is 1. The predicted molar refractivity (Wildman–Crippen MR) is 118 cm³/mol. The summed E-state index contributed by atoms with van der Waals surface area (Å²) in [5, 5.41) is 3.16. The second-order valence-electron chi connectivity index (χ2n) is 7.20. The lowest BCUT2D eigenvalue weighted by Gasteiger charge is -2.20. The molecule has 1 amide bonds. The van der Waals surface area contributed by atoms with Crippen LogP contribution in [-0.2, 0) is 16.6 Å². The molecule has 8 nitrogen and oxygen atoms in total. The number of carbonyl (C=O) groups is 1. The number of fused-ring (bicyclic) bond motifs is 1. The molecule has 0 bridgehead atoms. The molecule has 0 aliphatic heterocycles. The maximum absolute atomic E-state index is 13.1. The molecule has 0 atom stereocenters. The van der Waals surface area contributed by atoms with Crippen LogP contribution < -0.4 is 15.9 Å². The zero-order chi connectivity index (χ0) is 22.4. The van der Waals surface area contributed by atoms with E-state index < -0.39 is 21.5 Å². The first-order valence-corrected chi connectivity index (χ1v) is 11.7. The van der Waals surface area contributed by atoms with E-state index in [2.05, 4.69) is 15.3 Å². The van der Waals surface area contributed by atoms with Crippen molar-refractivity contribution in [3.63, 3.8) is 0 Å². The number of H-pyrrole nitrogens is 2. The Labute approximate surface area is 181 Å². The third-order valence-electron chi connectivity index (χ3n) is 5.04. The molecule has 0 unspecified atom stereocenters. The minimum absolute atomic E-state index is 0.0942. The highest BCUT2D eigenvalue weighted by Crippen LogP contribution is 2.23. The Kier molecular flexibility index (Phi) is 7.19. The summed E-state index contributed by atoms with van der Waals surface area (Å²) in [5.74, 6) is -0.451. The number of hydrogen-bond acceptors (Lipinski definition) is 4. The third kappa shape index (κ3) is 5.18. The summed E-state index contributed by atoms with van der Waals surface area (Å²) >= 11 is 0. The van der Waals surface area contributed by atoms with E-state index in [1.165, 1.54) is 28.6 Å². The van der Waals surface area contributed by atoms with Crippen LogP contribution in [0.2, 0.25) is 0 Å². The molecule has 3 rings (SSSR count). The largest absolute Gasteiger partial charge is 0.348 e. The highest BCUT2D eigenvalue weighted by Gasteiger charge is 2.24. The van der Waals surface area contributed by atoms with Gasteiger partial charge in [0.05, 0.1) is 10.5 Å². The van der Waals surface area contributed by atoms with Crippen molar-refractivity contribution in [2.45, 2.75) is 38.1 Å². The molecule has 0 aliphatic rings. The highest BCUT2D eigenvalue weighted by atomic mass is 32.2. The summed E-state index contributed by atoms with van der Waals surface area (Å²) in [6, 6.07) is 9.32. The number of aromatic amines is 2. The van der Waals surface area contributed by atoms with Gasteiger partial charge in [0.15, 0.2) is 12.4 Å². The van der Waals surface area contributed by atoms with Gasteiger partial charge in [-0.05, 0) is 30.7 Å². The molecule has 164 valence electrons. The standard InChI is InChI=1S/C22H26N4O4S/c1-3-5-11-26(4-2)31(29,30)17-8-9-20-18(12-17)19(13-21(27)25-20)22(28)24-15-16-7-6-10-23-14-16/h6-10,12-14H,3-5,11,15H2,1-2H3,(H,24,28)(H,25,27)/p+1. The topological polar surface area (TPSA) is 113 Å². The molecule has 0 aliphatic carbocycles. The SMILES string of the molecule is CCCCN(CC)S(=O)(=O)c1ccc2[nH]c(=O)cc(C(=O)NCc3ccc[nH+]c3)c2c1. The van der Waals surface area contributed by atoms with E-state index in [1.807, 2.05) is 19.1 Å². The molecule has 0 saturated heterocycles. The van der Waals surface area contributed by atoms with E-state index in [1.54, 1.807) is 19.3 Å². The van der Waals surface area contributed by atoms with Crippen molar-refractivity contribution in [1.82, 2.24) is 14.6 Å². The van der Waals surface area contributed by atoms with Gasteiger partial charge in [-0.15, -0.1) is 0 Å². The summed E-state index contributed by atoms with van der Waals surface area (Å²) in [5.41, 5.74) is 0.968. The smallest absolute Gasteiger partial charge is 0.252 e. The Morgan fingerprint density at radius 3 is 2.68 bits per heavy atom. The van der Waals surface area contributed by atoms with Gasteiger partial charge in [-0.1, -0.05) is 20.3 Å². The maximum atomic E-state index is 13.1. The highest BCUT2D eigenvalue weighted by molar-refractivity contribution is 7.89. The van der Waals surface area contributed by atoms with Gasteiger partial charge in [0.2, 0.25) is 15.6 Å². The predicted octanol–water partition coefficient (Wildman–Crippen LogP) is 2.08. The van der Waals surface area contributed by atoms with E-state index in [-0.39, 0.29) is 17.0 Å². The van der Waals surface area contributed by atoms with Crippen LogP contribution >= 0.6 is 0 Å². The summed E-state index contributed by atoms with van der Waals surface area (Å²) in [4.78, 5) is 30.6. The molecule has 0 radical (unpaired) electrons. The Balaban J connectivity index is 1.98. The molecule has 3 N–H and O–H groups in total. The van der Waals surface area contributed by atoms with Crippen LogP contribution in [0.25, 0.3) is 10.9 Å². The van der Waals surface area contributed by atoms with Crippen LogP contribution in [0.3, 0.4) is 0 Å². The molecule has 0 saturated carbocycles. The van der Waals surface area contributed by atoms with Crippen molar-refractivity contribution in [3.8, 4) is 0 Å². The lowest BCUT2D eigenvalue weighted by molar-refractivity contribution is -0.378. The lowest BCUT2D eigenvalue weighted by atomic mass is 10.1. The Morgan fingerprint density at radius 1 is 1.19 bits per heavy atom. The first kappa shape index (κ1) is 22.6. The van der Waals surface area contributed by atoms with E-state index in [4.69, 9.17) is 0 Å². The van der Waals surface area contributed by atoms with Gasteiger partial charge in [0.25, 0.3) is 5.91 Å². The fourth-order valence-electron chi connectivity index (χ4n) is 3.33. The summed E-state index contributed by atoms with van der Waals surface area (Å²) < 4.78 is 27.7. The van der Waals surface area contributed by atoms with Gasteiger partial charge in [-0.25, -0.2) is 13.4 Å². The number of nitrogens with one attached hydrogen (secondary N) is 3. The van der Waals surface area contributed by atoms with Gasteiger partial charge in [0, 0.05) is 48.2 Å². The first-order valence-electron chi connectivity index (χ1n) is 10.3. The molecule has 9 heteroatoms. The van der Waals surface area contributed by atoms with Gasteiger partial charge >= 0.3 is 0 Å². The maximum Gasteiger partial charge on any atom is 0.252 e. The van der Waals surface area contributed by atoms with E-state index in [0.717, 1.165) is 18.4 Å². The van der Waals surface area contributed by atoms with Crippen molar-refractivity contribution in [1.29, 1.82) is 0 Å². The van der Waals surface area contributed by atoms with Crippen LogP contribution in [-0.4, -0.2) is 36.7 Å². The molecule has 1 aromatic carbocycles. The summed E-state index contributed by atoms with van der Waals surface area (Å²) in [6.07, 6.45) is 5.17. The van der Waals surface area contributed by atoms with Crippen molar-refractivity contribution in [2.75, 3.05) is 13.1 Å². The Hall–Kier alpha value is -3.04. The summed E-state index contributed by atoms with van der Waals surface area (Å²) in [7, 11) is -3.72. The van der Waals surface area contributed by atoms with Crippen LogP contribution in [0, 0.1) is 0 Å². The molecule has 0 fully saturated rings. The third-order valence-corrected chi connectivity index (χ3v) is 7.01. The quantitative estimate of drug-likeness (QED) is 0.527. The number of sulfonamides is 1. The number of pyridine rings is 2. The number of hydrogen-bond donors (Lipinski definition) is 2. The van der Waals surface area contributed by atoms with E-state index >= 15 is 0 Å². The second-order valence-corrected chi connectivity index (χ2v) is 9.14. The molecular formula is C22H27N4O4S+. The Bertz CT molecular complexity index is 1220. The molecule has 31 heavy (non-hydrogen) atoms. The molecule has 2 aromatic heterocycles. The minimum Gasteiger partial charge on any atom is -0.348 e. The average Bonchev–Trinajstić information content (AvgIpc) is 2.77. The van der Waals surface area contributed by atoms with Crippen LogP contribution in [0.4, 0.5) is 0 Å². The normalized spacial score (nSPS) is 11.7. The molecule has 2 heterocycles. The van der Waals surface area contributed by atoms with Crippen LogP contribution in [0.5, 0.6) is 0 Å². The number of carbonyl (C=O) groups excluding carboxylic acids is 1. The zero-order valence-electron chi connectivity index (χ0n) is 17.6. The lowest BCUT2D eigenvalue weighted by Crippen LogP contribution is -2.32. The van der Waals surface area contributed by atoms with Crippen LogP contribution in [0.1, 0.15) is 42.6 Å². The van der Waals surface area contributed by atoms with Crippen LogP contribution in [0.15, 0.2) is 58.5 Å². The first-order chi connectivity index (χ1) is 14.9. The van der Waals surface area contributed by atoms with E-state index in [0.29, 0.717) is 24.0 Å². The van der Waals surface area contributed by atoms with Crippen molar-refractivity contribution in [3.05, 3.63) is 70.3 Å². The van der Waals surface area contributed by atoms with E-state index in [9.17, 15) is 18.0 Å². The van der Waals surface area contributed by atoms with Crippen molar-refractivity contribution >= 4 is 26.8 Å². The molecular weight excluding hydrogens is 416 g/mol. The number of unbranched alkanes of at least 4 members (excludes halogenated alkanes) is 1. The number of amides is 1. The Morgan fingerprint density at radius 2 is 2.00 bits per heavy atom. The molecule has 0 spiro atoms. The monoisotopic (exact) mass is 443 g/mol. The van der Waals surface area contributed by atoms with Crippen molar-refractivity contribution < 1.29 is 18.2 Å². The zero-order valence-corrected chi connectivity index (χ0v) is 18.5. The van der Waals surface area contributed by atoms with Gasteiger partial charge in [-0.3, -0.25) is 9.59 Å². The average molecular weight is 444 g/mol. The second kappa shape index (κ2) is 9.84. The van der Waals surface area contributed by atoms with Crippen molar-refractivity contribution in [2.24, 2.45) is 0 Å². The minimum atomic E-state index is -3.72. The number of rotatable bonds is 9. The number of nitrogens with zero attached hydrogens (tertiary/aromatic N) is 1. The molecule has 3 aromatic rings. The fraction of sp³-hybridized carbons (Fsp3) is 0.318. The number of aromatic nitrogens is 2. The van der Waals surface area contributed by atoms with Gasteiger partial charge < -0.3 is 10.3 Å².